The van der Waals surface area contributed by atoms with Crippen molar-refractivity contribution in [1.29, 1.82) is 0 Å². The van der Waals surface area contributed by atoms with Crippen LogP contribution in [0.4, 0.5) is 0 Å². The van der Waals surface area contributed by atoms with Crippen molar-refractivity contribution >= 4 is 50.2 Å². The van der Waals surface area contributed by atoms with Crippen LogP contribution in [0.5, 0.6) is 0 Å². The minimum Gasteiger partial charge on any atom is -0.486 e. The molecule has 4 aliphatic rings. The molecule has 2 nitrogen and oxygen atoms in total. The molecule has 1 saturated heterocycles. The Labute approximate surface area is 246 Å². The molecule has 0 bridgehead atoms. The van der Waals surface area contributed by atoms with Gasteiger partial charge in [-0.3, -0.25) is 0 Å². The second-order valence-electron chi connectivity index (χ2n) is 13.4. The summed E-state index contributed by atoms with van der Waals surface area (Å²) in [4.78, 5) is 0. The van der Waals surface area contributed by atoms with Crippen LogP contribution in [0.3, 0.4) is 0 Å². The van der Waals surface area contributed by atoms with Gasteiger partial charge >= 0.3 is 0 Å². The van der Waals surface area contributed by atoms with Gasteiger partial charge < -0.3 is 9.15 Å². The van der Waals surface area contributed by atoms with E-state index in [1.807, 2.05) is 6.07 Å². The zero-order chi connectivity index (χ0) is 28.2. The number of para-hydroxylation sites is 1. The van der Waals surface area contributed by atoms with E-state index in [1.165, 1.54) is 54.8 Å². The molecule has 0 spiro atoms. The summed E-state index contributed by atoms with van der Waals surface area (Å²) in [6, 6.07) is 24.4. The summed E-state index contributed by atoms with van der Waals surface area (Å²) in [5, 5.41) is 6.64. The molecule has 5 aromatic rings. The van der Waals surface area contributed by atoms with Gasteiger partial charge in [-0.15, -0.1) is 0 Å². The maximum absolute atomic E-state index is 6.84. The molecule has 1 aliphatic heterocycles. The highest BCUT2D eigenvalue weighted by molar-refractivity contribution is 6.13. The lowest BCUT2D eigenvalue weighted by Crippen LogP contribution is -2.43. The molecule has 0 N–H and O–H groups in total. The Hall–Kier alpha value is -4.30. The van der Waals surface area contributed by atoms with Gasteiger partial charge in [-0.2, -0.15) is 0 Å². The third-order valence-corrected chi connectivity index (χ3v) is 10.6. The number of ether oxygens (including phenoxy) is 1. The Morgan fingerprint density at radius 3 is 2.40 bits per heavy atom. The fraction of sp³-hybridized carbons (Fsp3) is 0.250. The van der Waals surface area contributed by atoms with E-state index in [1.54, 1.807) is 0 Å². The Morgan fingerprint density at radius 1 is 0.738 bits per heavy atom. The number of hydrogen-bond acceptors (Lipinski definition) is 2. The van der Waals surface area contributed by atoms with Crippen LogP contribution in [-0.2, 0) is 11.2 Å². The van der Waals surface area contributed by atoms with Crippen LogP contribution in [0.2, 0.25) is 0 Å². The van der Waals surface area contributed by atoms with Gasteiger partial charge in [-0.05, 0) is 86.2 Å². The second kappa shape index (κ2) is 8.61. The SMILES string of the molecule is CC1C=Cc2c(c3ccc(C4=CC=C5O[C@@H]6c7oc8ccccc8c7C=CC6C(C)(C)[C@@H]5C4)cc3c3ccccc23)C1. The molecule has 2 heterocycles. The number of allylic oxidation sites excluding steroid dienone is 5. The van der Waals surface area contributed by atoms with Crippen molar-refractivity contribution in [1.82, 2.24) is 0 Å². The van der Waals surface area contributed by atoms with Crippen molar-refractivity contribution in [2.75, 3.05) is 0 Å². The first-order valence-corrected chi connectivity index (χ1v) is 15.4. The van der Waals surface area contributed by atoms with E-state index < -0.39 is 0 Å². The standard InChI is InChI=1S/C40H34O2/c1-23-12-15-28-26-8-4-5-9-27(26)33-21-24(13-16-29(33)32(28)20-23)25-14-19-37-35(22-25)40(2,3)34-18-17-31-30-10-6-7-11-36(30)41-38(31)39(34)42-37/h4-19,21,23,34-35,39H,20,22H2,1-3H3/t23?,34?,35-,39+/m1/s1. The van der Waals surface area contributed by atoms with E-state index in [4.69, 9.17) is 9.15 Å². The average Bonchev–Trinajstić information content (AvgIpc) is 3.40. The van der Waals surface area contributed by atoms with Gasteiger partial charge in [0.25, 0.3) is 0 Å². The first kappa shape index (κ1) is 24.3. The summed E-state index contributed by atoms with van der Waals surface area (Å²) in [5.74, 6) is 3.17. The molecule has 1 aromatic heterocycles. The topological polar surface area (TPSA) is 22.4 Å². The smallest absolute Gasteiger partial charge is 0.163 e. The molecule has 4 atom stereocenters. The molecular formula is C40H34O2. The summed E-state index contributed by atoms with van der Waals surface area (Å²) in [6.07, 6.45) is 15.9. The summed E-state index contributed by atoms with van der Waals surface area (Å²) in [7, 11) is 0. The monoisotopic (exact) mass is 546 g/mol. The molecule has 0 radical (unpaired) electrons. The van der Waals surface area contributed by atoms with E-state index in [0.717, 1.165) is 29.9 Å². The fourth-order valence-electron chi connectivity index (χ4n) is 8.28. The molecule has 0 amide bonds. The summed E-state index contributed by atoms with van der Waals surface area (Å²) < 4.78 is 13.3. The Kier molecular flexibility index (Phi) is 4.98. The highest BCUT2D eigenvalue weighted by atomic mass is 16.5. The van der Waals surface area contributed by atoms with Gasteiger partial charge in [0, 0.05) is 22.8 Å². The van der Waals surface area contributed by atoms with Gasteiger partial charge in [-0.1, -0.05) is 106 Å². The molecule has 2 heteroatoms. The fourth-order valence-corrected chi connectivity index (χ4v) is 8.28. The highest BCUT2D eigenvalue weighted by Crippen LogP contribution is 2.59. The Balaban J connectivity index is 1.14. The summed E-state index contributed by atoms with van der Waals surface area (Å²) in [6.45, 7) is 7.16. The molecule has 4 aromatic carbocycles. The normalized spacial score (nSPS) is 25.3. The van der Waals surface area contributed by atoms with Gasteiger partial charge in [0.05, 0.1) is 0 Å². The molecular weight excluding hydrogens is 512 g/mol. The third-order valence-electron chi connectivity index (χ3n) is 10.6. The summed E-state index contributed by atoms with van der Waals surface area (Å²) in [5.41, 5.74) is 7.71. The van der Waals surface area contributed by atoms with Crippen molar-refractivity contribution in [3.8, 4) is 0 Å². The van der Waals surface area contributed by atoms with Crippen molar-refractivity contribution in [2.24, 2.45) is 23.2 Å². The number of rotatable bonds is 1. The number of furan rings is 1. The van der Waals surface area contributed by atoms with Crippen LogP contribution in [0.15, 0.2) is 101 Å². The third kappa shape index (κ3) is 3.33. The predicted molar refractivity (Wildman–Crippen MR) is 174 cm³/mol. The van der Waals surface area contributed by atoms with Crippen LogP contribution in [0.25, 0.3) is 50.2 Å². The quantitative estimate of drug-likeness (QED) is 0.195. The zero-order valence-corrected chi connectivity index (χ0v) is 24.4. The number of fused-ring (bicyclic) bond motifs is 12. The lowest BCUT2D eigenvalue weighted by Gasteiger charge is -2.50. The van der Waals surface area contributed by atoms with Crippen LogP contribution < -0.4 is 0 Å². The van der Waals surface area contributed by atoms with E-state index >= 15 is 0 Å². The minimum atomic E-state index is -0.0977. The van der Waals surface area contributed by atoms with Crippen LogP contribution in [0.1, 0.15) is 61.3 Å². The first-order chi connectivity index (χ1) is 20.5. The number of hydrogen-bond donors (Lipinski definition) is 0. The van der Waals surface area contributed by atoms with E-state index in [2.05, 4.69) is 118 Å². The van der Waals surface area contributed by atoms with E-state index in [0.29, 0.717) is 11.8 Å². The van der Waals surface area contributed by atoms with Gasteiger partial charge in [0.2, 0.25) is 0 Å². The van der Waals surface area contributed by atoms with Crippen LogP contribution in [0, 0.1) is 23.2 Å². The molecule has 0 saturated carbocycles. The molecule has 206 valence electrons. The van der Waals surface area contributed by atoms with Crippen molar-refractivity contribution in [2.45, 2.75) is 39.7 Å². The molecule has 3 aliphatic carbocycles. The average molecular weight is 547 g/mol. The largest absolute Gasteiger partial charge is 0.486 e. The summed E-state index contributed by atoms with van der Waals surface area (Å²) >= 11 is 0. The van der Waals surface area contributed by atoms with E-state index in [-0.39, 0.29) is 17.4 Å². The lowest BCUT2D eigenvalue weighted by molar-refractivity contribution is -0.0739. The maximum Gasteiger partial charge on any atom is 0.163 e. The highest BCUT2D eigenvalue weighted by Gasteiger charge is 2.52. The molecule has 2 unspecified atom stereocenters. The molecule has 42 heavy (non-hydrogen) atoms. The van der Waals surface area contributed by atoms with Gasteiger partial charge in [-0.25, -0.2) is 0 Å². The maximum atomic E-state index is 6.84. The van der Waals surface area contributed by atoms with Crippen molar-refractivity contribution < 1.29 is 9.15 Å². The Bertz CT molecular complexity index is 2080. The van der Waals surface area contributed by atoms with Crippen LogP contribution >= 0.6 is 0 Å². The van der Waals surface area contributed by atoms with Crippen molar-refractivity contribution in [3.05, 3.63) is 125 Å². The zero-order valence-electron chi connectivity index (χ0n) is 24.4. The molecule has 9 rings (SSSR count). The van der Waals surface area contributed by atoms with Gasteiger partial charge in [0.1, 0.15) is 11.3 Å². The van der Waals surface area contributed by atoms with E-state index in [9.17, 15) is 0 Å². The number of benzene rings is 4. The Morgan fingerprint density at radius 2 is 1.52 bits per heavy atom. The lowest BCUT2D eigenvalue weighted by atomic mass is 9.60. The van der Waals surface area contributed by atoms with Crippen LogP contribution in [-0.4, -0.2) is 0 Å². The minimum absolute atomic E-state index is 0.00646. The predicted octanol–water partition coefficient (Wildman–Crippen LogP) is 10.7. The first-order valence-electron chi connectivity index (χ1n) is 15.4. The van der Waals surface area contributed by atoms with Gasteiger partial charge in [0.15, 0.2) is 11.9 Å². The molecule has 1 fully saturated rings. The van der Waals surface area contributed by atoms with Crippen molar-refractivity contribution in [3.63, 3.8) is 0 Å². The second-order valence-corrected chi connectivity index (χ2v) is 13.4.